The molecule has 0 N–H and O–H groups in total. The molecule has 0 aliphatic heterocycles. The second-order valence-electron chi connectivity index (χ2n) is 7.84. The van der Waals surface area contributed by atoms with E-state index in [-0.39, 0.29) is 0 Å². The van der Waals surface area contributed by atoms with Crippen molar-refractivity contribution in [3.05, 3.63) is 145 Å². The predicted molar refractivity (Wildman–Crippen MR) is 142 cm³/mol. The van der Waals surface area contributed by atoms with E-state index in [4.69, 9.17) is 0 Å². The number of benzene rings is 5. The minimum atomic E-state index is 0.973. The van der Waals surface area contributed by atoms with Crippen molar-refractivity contribution in [1.29, 1.82) is 0 Å². The molecule has 0 aliphatic carbocycles. The lowest BCUT2D eigenvalue weighted by molar-refractivity contribution is 1.18. The first kappa shape index (κ1) is 21.6. The Balaban J connectivity index is 1.28. The zero-order chi connectivity index (χ0) is 22.3. The van der Waals surface area contributed by atoms with Gasteiger partial charge in [0, 0.05) is 19.6 Å². The average Bonchev–Trinajstić information content (AvgIpc) is 2.87. The van der Waals surface area contributed by atoms with Crippen LogP contribution in [-0.2, 0) is 6.42 Å². The smallest absolute Gasteiger partial charge is 0.0200 e. The van der Waals surface area contributed by atoms with E-state index in [0.717, 1.165) is 6.42 Å². The second-order valence-corrected chi connectivity index (χ2v) is 10.1. The Hall–Kier alpha value is -3.20. The van der Waals surface area contributed by atoms with Gasteiger partial charge in [0.15, 0.2) is 0 Å². The third kappa shape index (κ3) is 5.78. The van der Waals surface area contributed by atoms with Crippen LogP contribution in [0.4, 0.5) is 0 Å². The van der Waals surface area contributed by atoms with Crippen molar-refractivity contribution in [3.63, 3.8) is 0 Å². The maximum absolute atomic E-state index is 2.24. The second kappa shape index (κ2) is 10.6. The summed E-state index contributed by atoms with van der Waals surface area (Å²) >= 11 is 3.62. The average molecular weight is 461 g/mol. The van der Waals surface area contributed by atoms with Crippen LogP contribution >= 0.6 is 23.5 Å². The highest BCUT2D eigenvalue weighted by Crippen LogP contribution is 2.37. The van der Waals surface area contributed by atoms with Crippen LogP contribution in [-0.4, -0.2) is 0 Å². The maximum Gasteiger partial charge on any atom is 0.0200 e. The summed E-state index contributed by atoms with van der Waals surface area (Å²) in [6.07, 6.45) is 0.973. The van der Waals surface area contributed by atoms with Crippen molar-refractivity contribution in [2.24, 2.45) is 0 Å². The Morgan fingerprint density at radius 1 is 0.394 bits per heavy atom. The Morgan fingerprint density at radius 3 is 1.61 bits per heavy atom. The molecule has 0 bridgehead atoms. The maximum atomic E-state index is 2.24. The van der Waals surface area contributed by atoms with Crippen LogP contribution in [0.3, 0.4) is 0 Å². The van der Waals surface area contributed by atoms with Crippen molar-refractivity contribution >= 4 is 23.5 Å². The fourth-order valence-corrected chi connectivity index (χ4v) is 5.56. The molecular weight excluding hydrogens is 436 g/mol. The summed E-state index contributed by atoms with van der Waals surface area (Å²) < 4.78 is 0. The molecular formula is C31H24S2. The molecule has 0 heterocycles. The van der Waals surface area contributed by atoms with E-state index < -0.39 is 0 Å². The van der Waals surface area contributed by atoms with Crippen molar-refractivity contribution < 1.29 is 0 Å². The molecule has 0 spiro atoms. The molecule has 0 aliphatic rings. The molecule has 0 radical (unpaired) electrons. The van der Waals surface area contributed by atoms with Crippen LogP contribution in [0.25, 0.3) is 11.1 Å². The molecule has 160 valence electrons. The standard InChI is InChI=1S/C31H24S2/c1-3-9-24(10-4-1)23-25-15-19-28(20-16-25)32-29-21-17-26(18-22-29)30-13-7-8-14-31(30)33-27-11-5-2-6-12-27/h1-22H,23H2. The van der Waals surface area contributed by atoms with Gasteiger partial charge in [-0.15, -0.1) is 0 Å². The van der Waals surface area contributed by atoms with Gasteiger partial charge in [0.25, 0.3) is 0 Å². The minimum absolute atomic E-state index is 0.973. The molecule has 2 heteroatoms. The molecule has 5 aromatic carbocycles. The third-order valence-corrected chi connectivity index (χ3v) is 7.53. The van der Waals surface area contributed by atoms with Gasteiger partial charge in [0.05, 0.1) is 0 Å². The zero-order valence-corrected chi connectivity index (χ0v) is 19.9. The first-order chi connectivity index (χ1) is 16.3. The largest absolute Gasteiger partial charge is 0.0901 e. The normalized spacial score (nSPS) is 10.8. The topological polar surface area (TPSA) is 0 Å². The van der Waals surface area contributed by atoms with Crippen LogP contribution in [0.1, 0.15) is 11.1 Å². The Kier molecular flexibility index (Phi) is 6.96. The molecule has 0 fully saturated rings. The highest BCUT2D eigenvalue weighted by molar-refractivity contribution is 7.99. The van der Waals surface area contributed by atoms with Gasteiger partial charge in [-0.25, -0.2) is 0 Å². The molecule has 5 aromatic rings. The van der Waals surface area contributed by atoms with Gasteiger partial charge in [0.2, 0.25) is 0 Å². The summed E-state index contributed by atoms with van der Waals surface area (Å²) in [5, 5.41) is 0. The first-order valence-corrected chi connectivity index (χ1v) is 12.7. The van der Waals surface area contributed by atoms with Gasteiger partial charge in [-0.05, 0) is 71.1 Å². The molecule has 0 nitrogen and oxygen atoms in total. The number of hydrogen-bond acceptors (Lipinski definition) is 2. The fraction of sp³-hybridized carbons (Fsp3) is 0.0323. The van der Waals surface area contributed by atoms with Crippen LogP contribution < -0.4 is 0 Å². The van der Waals surface area contributed by atoms with Gasteiger partial charge in [-0.2, -0.15) is 0 Å². The summed E-state index contributed by atoms with van der Waals surface area (Å²) in [6.45, 7) is 0. The van der Waals surface area contributed by atoms with Crippen molar-refractivity contribution in [3.8, 4) is 11.1 Å². The summed E-state index contributed by atoms with van der Waals surface area (Å²) in [6, 6.07) is 47.7. The highest BCUT2D eigenvalue weighted by atomic mass is 32.2. The molecule has 0 aromatic heterocycles. The van der Waals surface area contributed by atoms with E-state index in [9.17, 15) is 0 Å². The van der Waals surface area contributed by atoms with Gasteiger partial charge >= 0.3 is 0 Å². The van der Waals surface area contributed by atoms with Crippen molar-refractivity contribution in [1.82, 2.24) is 0 Å². The Morgan fingerprint density at radius 2 is 0.909 bits per heavy atom. The van der Waals surface area contributed by atoms with Gasteiger partial charge < -0.3 is 0 Å². The van der Waals surface area contributed by atoms with Crippen molar-refractivity contribution in [2.75, 3.05) is 0 Å². The lowest BCUT2D eigenvalue weighted by atomic mass is 10.1. The predicted octanol–water partition coefficient (Wildman–Crippen LogP) is 9.25. The van der Waals surface area contributed by atoms with Crippen molar-refractivity contribution in [2.45, 2.75) is 26.0 Å². The SMILES string of the molecule is c1ccc(Cc2ccc(Sc3ccc(-c4ccccc4Sc4ccccc4)cc3)cc2)cc1. The van der Waals surface area contributed by atoms with Crippen LogP contribution in [0.5, 0.6) is 0 Å². The van der Waals surface area contributed by atoms with E-state index in [0.29, 0.717) is 0 Å². The molecule has 0 atom stereocenters. The molecule has 0 unspecified atom stereocenters. The summed E-state index contributed by atoms with van der Waals surface area (Å²) in [7, 11) is 0. The van der Waals surface area contributed by atoms with Crippen LogP contribution in [0.2, 0.25) is 0 Å². The fourth-order valence-electron chi connectivity index (χ4n) is 3.76. The quantitative estimate of drug-likeness (QED) is 0.237. The zero-order valence-electron chi connectivity index (χ0n) is 18.2. The van der Waals surface area contributed by atoms with Gasteiger partial charge in [0.1, 0.15) is 0 Å². The highest BCUT2D eigenvalue weighted by Gasteiger charge is 2.07. The summed E-state index contributed by atoms with van der Waals surface area (Å²) in [4.78, 5) is 5.05. The lowest BCUT2D eigenvalue weighted by Gasteiger charge is -2.10. The monoisotopic (exact) mass is 460 g/mol. The Labute approximate surface area is 204 Å². The molecule has 0 saturated carbocycles. The molecule has 5 rings (SSSR count). The Bertz CT molecular complexity index is 1290. The first-order valence-electron chi connectivity index (χ1n) is 11.1. The minimum Gasteiger partial charge on any atom is -0.0901 e. The molecule has 0 amide bonds. The van der Waals surface area contributed by atoms with E-state index >= 15 is 0 Å². The summed E-state index contributed by atoms with van der Waals surface area (Å²) in [5.41, 5.74) is 5.21. The molecule has 33 heavy (non-hydrogen) atoms. The van der Waals surface area contributed by atoms with E-state index in [1.165, 1.54) is 41.8 Å². The third-order valence-electron chi connectivity index (χ3n) is 5.43. The van der Waals surface area contributed by atoms with E-state index in [2.05, 4.69) is 133 Å². The van der Waals surface area contributed by atoms with E-state index in [1.54, 1.807) is 0 Å². The van der Waals surface area contributed by atoms with Crippen LogP contribution in [0, 0.1) is 0 Å². The molecule has 0 saturated heterocycles. The van der Waals surface area contributed by atoms with Gasteiger partial charge in [-0.1, -0.05) is 115 Å². The number of hydrogen-bond donors (Lipinski definition) is 0. The van der Waals surface area contributed by atoms with Gasteiger partial charge in [-0.3, -0.25) is 0 Å². The van der Waals surface area contributed by atoms with E-state index in [1.807, 2.05) is 23.5 Å². The van der Waals surface area contributed by atoms with Crippen LogP contribution in [0.15, 0.2) is 153 Å². The number of rotatable bonds is 7. The lowest BCUT2D eigenvalue weighted by Crippen LogP contribution is -1.87. The summed E-state index contributed by atoms with van der Waals surface area (Å²) in [5.74, 6) is 0.